The Hall–Kier alpha value is -4.38. The van der Waals surface area contributed by atoms with Gasteiger partial charge in [0.15, 0.2) is 0 Å². The summed E-state index contributed by atoms with van der Waals surface area (Å²) in [7, 11) is 0. The molecule has 5 aromatic carbocycles. The van der Waals surface area contributed by atoms with Crippen molar-refractivity contribution in [1.82, 2.24) is 0 Å². The summed E-state index contributed by atoms with van der Waals surface area (Å²) in [6.07, 6.45) is 14.3. The minimum absolute atomic E-state index is 0.261. The minimum atomic E-state index is -2.12. The van der Waals surface area contributed by atoms with E-state index in [4.69, 9.17) is 6.30 Å². The van der Waals surface area contributed by atoms with Gasteiger partial charge in [0.1, 0.15) is 0 Å². The lowest BCUT2D eigenvalue weighted by Gasteiger charge is -2.34. The minimum Gasteiger partial charge on any atom is -0.0887 e. The summed E-state index contributed by atoms with van der Waals surface area (Å²) in [5.74, 6) is 0.542. The summed E-state index contributed by atoms with van der Waals surface area (Å²) >= 11 is 0. The maximum absolute atomic E-state index is 5.06. The van der Waals surface area contributed by atoms with Gasteiger partial charge in [0.2, 0.25) is 0 Å². The fourth-order valence-electron chi connectivity index (χ4n) is 6.49. The highest BCUT2D eigenvalue weighted by Crippen LogP contribution is 2.43. The molecular weight excluding hydrogens is 499 g/mol. The number of fused-ring (bicyclic) bond motifs is 2. The molecule has 0 amide bonds. The van der Waals surface area contributed by atoms with Gasteiger partial charge in [-0.3, -0.25) is 0 Å². The van der Waals surface area contributed by atoms with Crippen LogP contribution >= 0.6 is 6.89 Å². The van der Waals surface area contributed by atoms with Gasteiger partial charge in [-0.1, -0.05) is 164 Å². The SMILES string of the molecule is C=P(c1ccccc1)(c1ccccc1)c1ccc2c(c1)=C(c1ccccc1)C1C=CC=CC1C=2c1ccccc1. The highest BCUT2D eigenvalue weighted by atomic mass is 31.2. The van der Waals surface area contributed by atoms with E-state index in [0.717, 1.165) is 0 Å². The fraction of sp³-hybridized carbons (Fsp3) is 0.0513. The Morgan fingerprint density at radius 2 is 0.850 bits per heavy atom. The first-order chi connectivity index (χ1) is 19.7. The van der Waals surface area contributed by atoms with Crippen LogP contribution in [0.5, 0.6) is 0 Å². The van der Waals surface area contributed by atoms with E-state index < -0.39 is 6.89 Å². The summed E-state index contributed by atoms with van der Waals surface area (Å²) < 4.78 is 0. The van der Waals surface area contributed by atoms with Crippen LogP contribution < -0.4 is 26.4 Å². The van der Waals surface area contributed by atoms with E-state index in [1.807, 2.05) is 0 Å². The van der Waals surface area contributed by atoms with Crippen LogP contribution in [0.2, 0.25) is 0 Å². The zero-order chi connectivity index (χ0) is 26.9. The van der Waals surface area contributed by atoms with Crippen molar-refractivity contribution in [1.29, 1.82) is 0 Å². The second-order valence-electron chi connectivity index (χ2n) is 10.6. The van der Waals surface area contributed by atoms with Crippen molar-refractivity contribution in [3.63, 3.8) is 0 Å². The third-order valence-corrected chi connectivity index (χ3v) is 11.9. The van der Waals surface area contributed by atoms with E-state index in [-0.39, 0.29) is 11.8 Å². The second-order valence-corrected chi connectivity index (χ2v) is 13.8. The molecule has 2 unspecified atom stereocenters. The summed E-state index contributed by atoms with van der Waals surface area (Å²) in [5.41, 5.74) is 5.38. The Kier molecular flexibility index (Phi) is 6.35. The first-order valence-electron chi connectivity index (χ1n) is 13.9. The molecule has 2 atom stereocenters. The summed E-state index contributed by atoms with van der Waals surface area (Å²) in [4.78, 5) is 0. The van der Waals surface area contributed by atoms with E-state index in [9.17, 15) is 0 Å². The van der Waals surface area contributed by atoms with Gasteiger partial charge in [-0.25, -0.2) is 0 Å². The van der Waals surface area contributed by atoms with Gasteiger partial charge in [0, 0.05) is 11.8 Å². The standard InChI is InChI=1S/C39H31P/c1-40(31-20-10-4-11-21-31,32-22-12-5-13-23-32)33-26-27-36-37(28-33)39(30-18-8-3-9-19-30)35-25-15-14-24-34(35)38(36)29-16-6-2-7-17-29/h2-28,34-35H,1H2. The molecule has 0 aliphatic heterocycles. The maximum Gasteiger partial charge on any atom is 0.0137 e. The highest BCUT2D eigenvalue weighted by molar-refractivity contribution is 7.93. The predicted octanol–water partition coefficient (Wildman–Crippen LogP) is 6.18. The Balaban J connectivity index is 1.62. The third-order valence-electron chi connectivity index (χ3n) is 8.39. The second kappa shape index (κ2) is 10.3. The smallest absolute Gasteiger partial charge is 0.0137 e. The van der Waals surface area contributed by atoms with Gasteiger partial charge in [-0.05, 0) is 61.6 Å². The number of rotatable bonds is 5. The lowest BCUT2D eigenvalue weighted by atomic mass is 9.70. The third kappa shape index (κ3) is 4.08. The van der Waals surface area contributed by atoms with Gasteiger partial charge in [-0.2, -0.15) is 0 Å². The zero-order valence-electron chi connectivity index (χ0n) is 22.4. The van der Waals surface area contributed by atoms with E-state index >= 15 is 0 Å². The monoisotopic (exact) mass is 530 g/mol. The van der Waals surface area contributed by atoms with E-state index in [1.54, 1.807) is 0 Å². The topological polar surface area (TPSA) is 0 Å². The number of hydrogen-bond donors (Lipinski definition) is 0. The highest BCUT2D eigenvalue weighted by Gasteiger charge is 2.32. The number of allylic oxidation sites excluding steroid dienone is 4. The molecule has 0 fully saturated rings. The zero-order valence-corrected chi connectivity index (χ0v) is 23.3. The molecule has 2 aliphatic rings. The predicted molar refractivity (Wildman–Crippen MR) is 175 cm³/mol. The molecule has 1 heteroatoms. The van der Waals surface area contributed by atoms with Crippen molar-refractivity contribution in [3.05, 3.63) is 185 Å². The summed E-state index contributed by atoms with van der Waals surface area (Å²) in [5, 5.41) is 6.54. The average molecular weight is 531 g/mol. The number of hydrogen-bond acceptors (Lipinski definition) is 0. The first-order valence-corrected chi connectivity index (χ1v) is 15.9. The molecule has 192 valence electrons. The fourth-order valence-corrected chi connectivity index (χ4v) is 9.42. The Morgan fingerprint density at radius 1 is 0.425 bits per heavy atom. The summed E-state index contributed by atoms with van der Waals surface area (Å²) in [6.45, 7) is -2.12. The molecule has 7 rings (SSSR count). The van der Waals surface area contributed by atoms with E-state index in [1.165, 1.54) is 48.6 Å². The maximum atomic E-state index is 5.06. The first kappa shape index (κ1) is 24.6. The van der Waals surface area contributed by atoms with Crippen LogP contribution in [0.3, 0.4) is 0 Å². The molecule has 0 bridgehead atoms. The van der Waals surface area contributed by atoms with Gasteiger partial charge >= 0.3 is 0 Å². The molecule has 2 aliphatic carbocycles. The van der Waals surface area contributed by atoms with Gasteiger partial charge in [-0.15, -0.1) is 0 Å². The molecule has 0 saturated carbocycles. The Bertz CT molecular complexity index is 1850. The Labute approximate surface area is 237 Å². The van der Waals surface area contributed by atoms with Crippen molar-refractivity contribution in [3.8, 4) is 0 Å². The lowest BCUT2D eigenvalue weighted by molar-refractivity contribution is 0.686. The van der Waals surface area contributed by atoms with Crippen LogP contribution in [0.15, 0.2) is 164 Å². The van der Waals surface area contributed by atoms with Crippen molar-refractivity contribution < 1.29 is 0 Å². The normalized spacial score (nSPS) is 17.8. The average Bonchev–Trinajstić information content (AvgIpc) is 3.04. The van der Waals surface area contributed by atoms with Crippen molar-refractivity contribution in [2.24, 2.45) is 11.8 Å². The van der Waals surface area contributed by atoms with Crippen LogP contribution in [0.4, 0.5) is 0 Å². The molecule has 0 radical (unpaired) electrons. The van der Waals surface area contributed by atoms with Crippen LogP contribution in [-0.4, -0.2) is 6.30 Å². The van der Waals surface area contributed by atoms with Crippen LogP contribution in [0.1, 0.15) is 11.1 Å². The van der Waals surface area contributed by atoms with Crippen molar-refractivity contribution >= 4 is 40.2 Å². The van der Waals surface area contributed by atoms with Gasteiger partial charge in [0.25, 0.3) is 0 Å². The molecule has 40 heavy (non-hydrogen) atoms. The molecule has 0 saturated heterocycles. The van der Waals surface area contributed by atoms with Crippen LogP contribution in [-0.2, 0) is 0 Å². The Morgan fingerprint density at radius 3 is 1.32 bits per heavy atom. The van der Waals surface area contributed by atoms with Crippen LogP contribution in [0, 0.1) is 11.8 Å². The van der Waals surface area contributed by atoms with Gasteiger partial charge in [0.05, 0.1) is 0 Å². The van der Waals surface area contributed by atoms with Gasteiger partial charge < -0.3 is 0 Å². The molecule has 0 spiro atoms. The van der Waals surface area contributed by atoms with Crippen LogP contribution in [0.25, 0.3) is 11.1 Å². The molecule has 0 aromatic heterocycles. The lowest BCUT2D eigenvalue weighted by Crippen LogP contribution is -2.42. The largest absolute Gasteiger partial charge is 0.0887 e. The molecule has 0 heterocycles. The van der Waals surface area contributed by atoms with Crippen molar-refractivity contribution in [2.45, 2.75) is 0 Å². The molecule has 0 N–H and O–H groups in total. The van der Waals surface area contributed by atoms with E-state index in [2.05, 4.69) is 164 Å². The molecular formula is C39H31P. The molecule has 0 nitrogen and oxygen atoms in total. The quantitative estimate of drug-likeness (QED) is 0.238. The van der Waals surface area contributed by atoms with Crippen molar-refractivity contribution in [2.75, 3.05) is 0 Å². The van der Waals surface area contributed by atoms with E-state index in [0.29, 0.717) is 0 Å². The molecule has 5 aromatic rings. The number of benzene rings is 5. The summed E-state index contributed by atoms with van der Waals surface area (Å²) in [6, 6.07) is 50.9.